The van der Waals surface area contributed by atoms with Crippen molar-refractivity contribution in [1.82, 2.24) is 4.98 Å². The monoisotopic (exact) mass is 405 g/mol. The van der Waals surface area contributed by atoms with Gasteiger partial charge in [-0.3, -0.25) is 0 Å². The van der Waals surface area contributed by atoms with E-state index in [1.54, 1.807) is 0 Å². The van der Waals surface area contributed by atoms with E-state index in [1.807, 2.05) is 19.1 Å². The van der Waals surface area contributed by atoms with Gasteiger partial charge < -0.3 is 0 Å². The molecule has 0 spiro atoms. The van der Waals surface area contributed by atoms with Crippen molar-refractivity contribution in [1.29, 1.82) is 0 Å². The minimum atomic E-state index is 0.0904. The molecule has 2 heteroatoms. The molecule has 1 aromatic heterocycles. The third kappa shape index (κ3) is 2.71. The van der Waals surface area contributed by atoms with Gasteiger partial charge in [0.2, 0.25) is 5.69 Å². The number of allylic oxidation sites excluding steroid dienone is 5. The molecule has 2 heterocycles. The summed E-state index contributed by atoms with van der Waals surface area (Å²) in [6.07, 6.45) is 12.6. The molecule has 2 aliphatic rings. The molecular formula is C29H29N2+. The highest BCUT2D eigenvalue weighted by atomic mass is 15.2. The summed E-state index contributed by atoms with van der Waals surface area (Å²) in [4.78, 5) is 5.25. The minimum Gasteiger partial charge on any atom is -0.234 e. The van der Waals surface area contributed by atoms with E-state index in [2.05, 4.69) is 97.9 Å². The third-order valence-electron chi connectivity index (χ3n) is 7.31. The van der Waals surface area contributed by atoms with Crippen molar-refractivity contribution >= 4 is 5.57 Å². The molecule has 0 amide bonds. The summed E-state index contributed by atoms with van der Waals surface area (Å²) in [5.41, 5.74) is 8.52. The number of aromatic nitrogens is 2. The smallest absolute Gasteiger partial charge is 0.234 e. The molecule has 3 aromatic rings. The first kappa shape index (κ1) is 19.7. The maximum atomic E-state index is 5.25. The zero-order valence-corrected chi connectivity index (χ0v) is 18.6. The van der Waals surface area contributed by atoms with E-state index in [4.69, 9.17) is 4.98 Å². The van der Waals surface area contributed by atoms with Crippen molar-refractivity contribution in [2.45, 2.75) is 44.6 Å². The van der Waals surface area contributed by atoms with Gasteiger partial charge in [-0.2, -0.15) is 4.57 Å². The van der Waals surface area contributed by atoms with E-state index in [0.717, 1.165) is 35.4 Å². The van der Waals surface area contributed by atoms with E-state index >= 15 is 0 Å². The SMILES string of the molecule is C=C/C=C(\C=C/C)c1c[n+]2c(c(-c3ccccc3)n1)-c1ccccc1C1(C)CC21CC. The van der Waals surface area contributed by atoms with Gasteiger partial charge in [0.25, 0.3) is 0 Å². The van der Waals surface area contributed by atoms with Crippen molar-refractivity contribution in [2.75, 3.05) is 0 Å². The Kier molecular flexibility index (Phi) is 4.55. The van der Waals surface area contributed by atoms with Crippen LogP contribution in [0, 0.1) is 0 Å². The first-order valence-electron chi connectivity index (χ1n) is 11.2. The number of benzene rings is 2. The molecule has 1 aliphatic heterocycles. The molecular weight excluding hydrogens is 376 g/mol. The van der Waals surface area contributed by atoms with E-state index in [9.17, 15) is 0 Å². The summed E-state index contributed by atoms with van der Waals surface area (Å²) in [5.74, 6) is 0. The molecule has 2 atom stereocenters. The van der Waals surface area contributed by atoms with Crippen LogP contribution in [0.5, 0.6) is 0 Å². The summed E-state index contributed by atoms with van der Waals surface area (Å²) in [7, 11) is 0. The first-order valence-corrected chi connectivity index (χ1v) is 11.2. The van der Waals surface area contributed by atoms with Crippen LogP contribution in [-0.2, 0) is 11.0 Å². The molecule has 1 fully saturated rings. The standard InChI is InChI=1S/C29H29N2/c1-5-13-21(14-6-2)25-19-31-27(26(30-25)22-15-9-8-10-16-22)23-17-11-12-18-24(23)28(4)20-29(28,31)7-3/h5-6,8-19H,1,7,20H2,2-4H3/q+1/b14-6-,21-13+. The fourth-order valence-corrected chi connectivity index (χ4v) is 5.66. The van der Waals surface area contributed by atoms with E-state index in [0.29, 0.717) is 0 Å². The van der Waals surface area contributed by atoms with Gasteiger partial charge in [-0.1, -0.05) is 86.3 Å². The lowest BCUT2D eigenvalue weighted by Crippen LogP contribution is -2.55. The van der Waals surface area contributed by atoms with Crippen LogP contribution in [0.1, 0.15) is 44.9 Å². The largest absolute Gasteiger partial charge is 0.239 e. The molecule has 2 aromatic carbocycles. The Balaban J connectivity index is 1.90. The predicted octanol–water partition coefficient (Wildman–Crippen LogP) is 6.63. The van der Waals surface area contributed by atoms with E-state index in [-0.39, 0.29) is 11.0 Å². The van der Waals surface area contributed by atoms with Crippen LogP contribution >= 0.6 is 0 Å². The topological polar surface area (TPSA) is 16.8 Å². The van der Waals surface area contributed by atoms with Gasteiger partial charge in [0, 0.05) is 24.0 Å². The van der Waals surface area contributed by atoms with Crippen LogP contribution < -0.4 is 4.57 Å². The van der Waals surface area contributed by atoms with Gasteiger partial charge >= 0.3 is 0 Å². The molecule has 154 valence electrons. The van der Waals surface area contributed by atoms with Gasteiger partial charge in [-0.25, -0.2) is 4.98 Å². The van der Waals surface area contributed by atoms with Gasteiger partial charge in [-0.15, -0.1) is 0 Å². The molecule has 0 N–H and O–H groups in total. The molecule has 1 aliphatic carbocycles. The van der Waals surface area contributed by atoms with Gasteiger partial charge in [0.05, 0.1) is 11.0 Å². The van der Waals surface area contributed by atoms with Crippen molar-refractivity contribution in [3.8, 4) is 22.5 Å². The fraction of sp³-hybridized carbons (Fsp3) is 0.241. The Morgan fingerprint density at radius 1 is 1.13 bits per heavy atom. The van der Waals surface area contributed by atoms with Gasteiger partial charge in [0.15, 0.2) is 11.7 Å². The second-order valence-corrected chi connectivity index (χ2v) is 8.86. The molecule has 1 saturated carbocycles. The van der Waals surface area contributed by atoms with Crippen LogP contribution in [0.25, 0.3) is 28.1 Å². The minimum absolute atomic E-state index is 0.0904. The molecule has 0 radical (unpaired) electrons. The Morgan fingerprint density at radius 3 is 2.58 bits per heavy atom. The summed E-state index contributed by atoms with van der Waals surface area (Å²) < 4.78 is 2.56. The average Bonchev–Trinajstić information content (AvgIpc) is 3.47. The fourth-order valence-electron chi connectivity index (χ4n) is 5.66. The molecule has 0 saturated heterocycles. The lowest BCUT2D eigenvalue weighted by molar-refractivity contribution is -0.735. The predicted molar refractivity (Wildman–Crippen MR) is 129 cm³/mol. The Hall–Kier alpha value is -3.26. The van der Waals surface area contributed by atoms with E-state index in [1.165, 1.54) is 16.8 Å². The number of fused-ring (bicyclic) bond motifs is 6. The summed E-state index contributed by atoms with van der Waals surface area (Å²) in [5, 5.41) is 0. The Morgan fingerprint density at radius 2 is 1.87 bits per heavy atom. The lowest BCUT2D eigenvalue weighted by Gasteiger charge is -2.28. The van der Waals surface area contributed by atoms with Gasteiger partial charge in [0.1, 0.15) is 11.4 Å². The zero-order chi connectivity index (χ0) is 21.6. The molecule has 5 rings (SSSR count). The third-order valence-corrected chi connectivity index (χ3v) is 7.31. The van der Waals surface area contributed by atoms with E-state index < -0.39 is 0 Å². The highest BCUT2D eigenvalue weighted by Gasteiger charge is 2.75. The van der Waals surface area contributed by atoms with Crippen molar-refractivity contribution in [3.05, 3.63) is 103 Å². The van der Waals surface area contributed by atoms with Crippen LogP contribution in [-0.4, -0.2) is 4.98 Å². The lowest BCUT2D eigenvalue weighted by atomic mass is 9.82. The molecule has 2 unspecified atom stereocenters. The normalized spacial score (nSPS) is 23.8. The highest BCUT2D eigenvalue weighted by Crippen LogP contribution is 2.65. The second kappa shape index (κ2) is 7.16. The van der Waals surface area contributed by atoms with Crippen LogP contribution in [0.2, 0.25) is 0 Å². The maximum absolute atomic E-state index is 5.25. The van der Waals surface area contributed by atoms with Crippen molar-refractivity contribution < 1.29 is 4.57 Å². The molecule has 31 heavy (non-hydrogen) atoms. The summed E-state index contributed by atoms with van der Waals surface area (Å²) in [6, 6.07) is 19.5. The Labute approximate surface area is 185 Å². The van der Waals surface area contributed by atoms with Gasteiger partial charge in [-0.05, 0) is 25.5 Å². The second-order valence-electron chi connectivity index (χ2n) is 8.86. The van der Waals surface area contributed by atoms with Crippen LogP contribution in [0.15, 0.2) is 91.7 Å². The quantitative estimate of drug-likeness (QED) is 0.344. The molecule has 2 nitrogen and oxygen atoms in total. The zero-order valence-electron chi connectivity index (χ0n) is 18.6. The van der Waals surface area contributed by atoms with Crippen molar-refractivity contribution in [2.24, 2.45) is 0 Å². The Bertz CT molecular complexity index is 1230. The molecule has 0 bridgehead atoms. The van der Waals surface area contributed by atoms with Crippen LogP contribution in [0.4, 0.5) is 0 Å². The maximum Gasteiger partial charge on any atom is 0.239 e. The summed E-state index contributed by atoms with van der Waals surface area (Å²) >= 11 is 0. The number of nitrogens with zero attached hydrogens (tertiary/aromatic N) is 2. The van der Waals surface area contributed by atoms with Crippen molar-refractivity contribution in [3.63, 3.8) is 0 Å². The number of hydrogen-bond acceptors (Lipinski definition) is 1. The highest BCUT2D eigenvalue weighted by molar-refractivity contribution is 5.82. The summed E-state index contributed by atoms with van der Waals surface area (Å²) in [6.45, 7) is 10.7. The number of hydrogen-bond donors (Lipinski definition) is 0. The first-order chi connectivity index (χ1) is 15.1. The van der Waals surface area contributed by atoms with Crippen LogP contribution in [0.3, 0.4) is 0 Å². The number of rotatable bonds is 5. The average molecular weight is 406 g/mol.